The van der Waals surface area contributed by atoms with Crippen LogP contribution in [0.5, 0.6) is 5.75 Å². The molecule has 92 valence electrons. The van der Waals surface area contributed by atoms with E-state index in [0.29, 0.717) is 0 Å². The summed E-state index contributed by atoms with van der Waals surface area (Å²) < 4.78 is 6.94. The molecule has 17 heavy (non-hydrogen) atoms. The molecular weight excluding hydrogens is 238 g/mol. The number of benzene rings is 1. The summed E-state index contributed by atoms with van der Waals surface area (Å²) in [6.07, 6.45) is 1.91. The fraction of sp³-hybridized carbons (Fsp3) is 0.250. The van der Waals surface area contributed by atoms with Gasteiger partial charge < -0.3 is 10.1 Å². The Morgan fingerprint density at radius 3 is 2.82 bits per heavy atom. The van der Waals surface area contributed by atoms with Crippen LogP contribution in [0.1, 0.15) is 5.56 Å². The molecule has 0 amide bonds. The highest BCUT2D eigenvalue weighted by molar-refractivity contribution is 5.85. The van der Waals surface area contributed by atoms with Crippen molar-refractivity contribution in [1.29, 1.82) is 0 Å². The molecule has 0 saturated carbocycles. The van der Waals surface area contributed by atoms with Crippen LogP contribution in [0.25, 0.3) is 0 Å². The van der Waals surface area contributed by atoms with Crippen molar-refractivity contribution in [3.63, 3.8) is 0 Å². The molecule has 2 rings (SSSR count). The first-order chi connectivity index (χ1) is 7.78. The van der Waals surface area contributed by atoms with E-state index in [4.69, 9.17) is 4.74 Å². The normalized spacial score (nSPS) is 9.53. The molecule has 0 saturated heterocycles. The van der Waals surface area contributed by atoms with Crippen LogP contribution in [0.4, 0.5) is 5.82 Å². The van der Waals surface area contributed by atoms with E-state index < -0.39 is 0 Å². The molecule has 4 nitrogen and oxygen atoms in total. The standard InChI is InChI=1S/C12H15N3O.ClH/c1-15-7-6-12(14-15)13-9-10-4-3-5-11(8-10)16-2;/h3-8H,9H2,1-2H3,(H,13,14);1H. The minimum atomic E-state index is 0. The number of ether oxygens (including phenoxy) is 1. The van der Waals surface area contributed by atoms with Crippen molar-refractivity contribution in [2.75, 3.05) is 12.4 Å². The maximum atomic E-state index is 5.16. The monoisotopic (exact) mass is 253 g/mol. The second-order valence-corrected chi connectivity index (χ2v) is 3.58. The van der Waals surface area contributed by atoms with Crippen LogP contribution in [0.15, 0.2) is 36.5 Å². The number of hydrogen-bond acceptors (Lipinski definition) is 3. The molecule has 5 heteroatoms. The fourth-order valence-corrected chi connectivity index (χ4v) is 1.48. The summed E-state index contributed by atoms with van der Waals surface area (Å²) in [5.41, 5.74) is 1.17. The van der Waals surface area contributed by atoms with Gasteiger partial charge in [0.2, 0.25) is 0 Å². The van der Waals surface area contributed by atoms with Gasteiger partial charge in [-0.25, -0.2) is 0 Å². The van der Waals surface area contributed by atoms with Gasteiger partial charge in [0.1, 0.15) is 11.6 Å². The quantitative estimate of drug-likeness (QED) is 0.910. The van der Waals surface area contributed by atoms with Gasteiger partial charge in [-0.05, 0) is 17.7 Å². The second kappa shape index (κ2) is 6.15. The van der Waals surface area contributed by atoms with Crippen LogP contribution < -0.4 is 10.1 Å². The first kappa shape index (κ1) is 13.4. The van der Waals surface area contributed by atoms with Gasteiger partial charge in [-0.2, -0.15) is 5.10 Å². The minimum absolute atomic E-state index is 0. The molecular formula is C12H16ClN3O. The molecule has 1 aromatic carbocycles. The van der Waals surface area contributed by atoms with Gasteiger partial charge in [-0.3, -0.25) is 4.68 Å². The van der Waals surface area contributed by atoms with E-state index in [9.17, 15) is 0 Å². The molecule has 0 radical (unpaired) electrons. The van der Waals surface area contributed by atoms with E-state index in [0.717, 1.165) is 18.1 Å². The first-order valence-electron chi connectivity index (χ1n) is 5.14. The lowest BCUT2D eigenvalue weighted by molar-refractivity contribution is 0.414. The Hall–Kier alpha value is -1.68. The second-order valence-electron chi connectivity index (χ2n) is 3.58. The maximum absolute atomic E-state index is 5.16. The molecule has 0 spiro atoms. The molecule has 1 heterocycles. The zero-order valence-corrected chi connectivity index (χ0v) is 10.7. The van der Waals surface area contributed by atoms with Crippen LogP contribution in [0.3, 0.4) is 0 Å². The van der Waals surface area contributed by atoms with Crippen LogP contribution in [-0.4, -0.2) is 16.9 Å². The average Bonchev–Trinajstić information content (AvgIpc) is 2.73. The predicted octanol–water partition coefficient (Wildman–Crippen LogP) is 2.46. The first-order valence-corrected chi connectivity index (χ1v) is 5.14. The highest BCUT2D eigenvalue weighted by atomic mass is 35.5. The van der Waals surface area contributed by atoms with E-state index in [-0.39, 0.29) is 12.4 Å². The maximum Gasteiger partial charge on any atom is 0.148 e. The smallest absolute Gasteiger partial charge is 0.148 e. The number of aryl methyl sites for hydroxylation is 1. The number of halogens is 1. The van der Waals surface area contributed by atoms with Crippen LogP contribution >= 0.6 is 12.4 Å². The zero-order valence-electron chi connectivity index (χ0n) is 9.88. The lowest BCUT2D eigenvalue weighted by Crippen LogP contribution is -2.01. The van der Waals surface area contributed by atoms with Crippen molar-refractivity contribution < 1.29 is 4.74 Å². The number of hydrogen-bond donors (Lipinski definition) is 1. The molecule has 0 bridgehead atoms. The number of methoxy groups -OCH3 is 1. The van der Waals surface area contributed by atoms with Gasteiger partial charge in [-0.1, -0.05) is 12.1 Å². The predicted molar refractivity (Wildman–Crippen MR) is 70.8 cm³/mol. The third-order valence-electron chi connectivity index (χ3n) is 2.32. The largest absolute Gasteiger partial charge is 0.497 e. The number of rotatable bonds is 4. The van der Waals surface area contributed by atoms with Crippen molar-refractivity contribution in [3.8, 4) is 5.75 Å². The Kier molecular flexibility index (Phi) is 4.84. The van der Waals surface area contributed by atoms with E-state index >= 15 is 0 Å². The molecule has 0 aliphatic heterocycles. The Balaban J connectivity index is 0.00000144. The Morgan fingerprint density at radius 2 is 2.18 bits per heavy atom. The van der Waals surface area contributed by atoms with Crippen LogP contribution in [0, 0.1) is 0 Å². The van der Waals surface area contributed by atoms with Crippen LogP contribution in [0.2, 0.25) is 0 Å². The lowest BCUT2D eigenvalue weighted by atomic mass is 10.2. The molecule has 0 fully saturated rings. The van der Waals surface area contributed by atoms with Crippen molar-refractivity contribution >= 4 is 18.2 Å². The number of aromatic nitrogens is 2. The third-order valence-corrected chi connectivity index (χ3v) is 2.32. The van der Waals surface area contributed by atoms with E-state index in [2.05, 4.69) is 16.5 Å². The number of nitrogens with zero attached hydrogens (tertiary/aromatic N) is 2. The molecule has 0 unspecified atom stereocenters. The SMILES string of the molecule is COc1cccc(CNc2ccn(C)n2)c1.Cl. The summed E-state index contributed by atoms with van der Waals surface area (Å²) >= 11 is 0. The van der Waals surface area contributed by atoms with Gasteiger partial charge in [0.25, 0.3) is 0 Å². The van der Waals surface area contributed by atoms with E-state index in [1.807, 2.05) is 37.5 Å². The molecule has 0 atom stereocenters. The Labute approximate surface area is 107 Å². The summed E-state index contributed by atoms with van der Waals surface area (Å²) in [7, 11) is 3.57. The van der Waals surface area contributed by atoms with Gasteiger partial charge in [0.05, 0.1) is 7.11 Å². The summed E-state index contributed by atoms with van der Waals surface area (Å²) in [5.74, 6) is 1.76. The highest BCUT2D eigenvalue weighted by Crippen LogP contribution is 2.13. The van der Waals surface area contributed by atoms with Crippen molar-refractivity contribution in [2.45, 2.75) is 6.54 Å². The summed E-state index contributed by atoms with van der Waals surface area (Å²) in [5, 5.41) is 7.49. The summed E-state index contributed by atoms with van der Waals surface area (Å²) in [4.78, 5) is 0. The molecule has 1 aromatic heterocycles. The molecule has 0 aliphatic carbocycles. The highest BCUT2D eigenvalue weighted by Gasteiger charge is 1.98. The van der Waals surface area contributed by atoms with Gasteiger partial charge in [0.15, 0.2) is 0 Å². The average molecular weight is 254 g/mol. The van der Waals surface area contributed by atoms with Crippen molar-refractivity contribution in [1.82, 2.24) is 9.78 Å². The topological polar surface area (TPSA) is 39.1 Å². The van der Waals surface area contributed by atoms with Gasteiger partial charge in [0, 0.05) is 25.9 Å². The fourth-order valence-electron chi connectivity index (χ4n) is 1.48. The summed E-state index contributed by atoms with van der Waals surface area (Å²) in [6, 6.07) is 9.92. The van der Waals surface area contributed by atoms with E-state index in [1.54, 1.807) is 11.8 Å². The molecule has 2 aromatic rings. The lowest BCUT2D eigenvalue weighted by Gasteiger charge is -2.05. The third kappa shape index (κ3) is 3.67. The number of anilines is 1. The van der Waals surface area contributed by atoms with Gasteiger partial charge >= 0.3 is 0 Å². The zero-order chi connectivity index (χ0) is 11.4. The number of nitrogens with one attached hydrogen (secondary N) is 1. The van der Waals surface area contributed by atoms with Gasteiger partial charge in [-0.15, -0.1) is 12.4 Å². The summed E-state index contributed by atoms with van der Waals surface area (Å²) in [6.45, 7) is 0.744. The van der Waals surface area contributed by atoms with E-state index in [1.165, 1.54) is 5.56 Å². The van der Waals surface area contributed by atoms with Crippen LogP contribution in [-0.2, 0) is 13.6 Å². The molecule has 1 N–H and O–H groups in total. The van der Waals surface area contributed by atoms with Crippen molar-refractivity contribution in [2.24, 2.45) is 7.05 Å². The van der Waals surface area contributed by atoms with Crippen molar-refractivity contribution in [3.05, 3.63) is 42.1 Å². The Morgan fingerprint density at radius 1 is 1.35 bits per heavy atom. The Bertz CT molecular complexity index is 470. The minimum Gasteiger partial charge on any atom is -0.497 e. The molecule has 0 aliphatic rings.